The van der Waals surface area contributed by atoms with Crippen molar-refractivity contribution in [1.29, 1.82) is 0 Å². The van der Waals surface area contributed by atoms with Gasteiger partial charge in [0.25, 0.3) is 0 Å². The Morgan fingerprint density at radius 3 is 2.75 bits per heavy atom. The van der Waals surface area contributed by atoms with E-state index in [0.29, 0.717) is 44.9 Å². The molecule has 0 bridgehead atoms. The maximum absolute atomic E-state index is 12.5. The van der Waals surface area contributed by atoms with Gasteiger partial charge in [-0.05, 0) is 30.5 Å². The zero-order valence-electron chi connectivity index (χ0n) is 13.9. The normalized spacial score (nSPS) is 16.2. The van der Waals surface area contributed by atoms with Gasteiger partial charge in [-0.3, -0.25) is 4.79 Å². The first-order valence-corrected chi connectivity index (χ1v) is 7.94. The van der Waals surface area contributed by atoms with Crippen LogP contribution in [0.3, 0.4) is 0 Å². The fraction of sp³-hybridized carbons (Fsp3) is 0.529. The molecule has 7 heteroatoms. The summed E-state index contributed by atoms with van der Waals surface area (Å²) in [7, 11) is 1.31. The van der Waals surface area contributed by atoms with Gasteiger partial charge in [-0.25, -0.2) is 4.79 Å². The SMILES string of the molecule is COC(=O)COc1cccc(CNC(=O)C2(CN)CCOCC2)c1. The summed E-state index contributed by atoms with van der Waals surface area (Å²) in [6, 6.07) is 7.21. The molecule has 0 spiro atoms. The van der Waals surface area contributed by atoms with Gasteiger partial charge in [0.05, 0.1) is 12.5 Å². The van der Waals surface area contributed by atoms with Crippen molar-refractivity contribution in [3.05, 3.63) is 29.8 Å². The van der Waals surface area contributed by atoms with E-state index in [4.69, 9.17) is 15.2 Å². The van der Waals surface area contributed by atoms with Gasteiger partial charge in [0.15, 0.2) is 6.61 Å². The number of carbonyl (C=O) groups is 2. The molecule has 2 rings (SSSR count). The molecule has 0 atom stereocenters. The van der Waals surface area contributed by atoms with Crippen LogP contribution < -0.4 is 15.8 Å². The Bertz CT molecular complexity index is 570. The lowest BCUT2D eigenvalue weighted by atomic mass is 9.79. The Balaban J connectivity index is 1.91. The Labute approximate surface area is 141 Å². The van der Waals surface area contributed by atoms with Gasteiger partial charge in [-0.15, -0.1) is 0 Å². The summed E-state index contributed by atoms with van der Waals surface area (Å²) in [5.41, 5.74) is 6.17. The highest BCUT2D eigenvalue weighted by Gasteiger charge is 2.38. The van der Waals surface area contributed by atoms with Gasteiger partial charge < -0.3 is 25.3 Å². The molecule has 0 aromatic heterocycles. The molecule has 1 aliphatic rings. The van der Waals surface area contributed by atoms with Gasteiger partial charge in [0, 0.05) is 26.3 Å². The molecule has 0 aliphatic carbocycles. The van der Waals surface area contributed by atoms with Crippen molar-refractivity contribution in [3.63, 3.8) is 0 Å². The topological polar surface area (TPSA) is 99.9 Å². The number of ether oxygens (including phenoxy) is 3. The van der Waals surface area contributed by atoms with Crippen LogP contribution in [0.1, 0.15) is 18.4 Å². The van der Waals surface area contributed by atoms with E-state index >= 15 is 0 Å². The standard InChI is InChI=1S/C17H24N2O5/c1-22-15(20)11-24-14-4-2-3-13(9-14)10-19-16(21)17(12-18)5-7-23-8-6-17/h2-4,9H,5-8,10-12,18H2,1H3,(H,19,21). The minimum Gasteiger partial charge on any atom is -0.482 e. The third kappa shape index (κ3) is 4.69. The molecule has 1 fully saturated rings. The Hall–Kier alpha value is -2.12. The van der Waals surface area contributed by atoms with Gasteiger partial charge in [0.1, 0.15) is 5.75 Å². The van der Waals surface area contributed by atoms with Crippen molar-refractivity contribution in [2.24, 2.45) is 11.1 Å². The second-order valence-corrected chi connectivity index (χ2v) is 5.79. The Morgan fingerprint density at radius 1 is 1.33 bits per heavy atom. The highest BCUT2D eigenvalue weighted by molar-refractivity contribution is 5.83. The van der Waals surface area contributed by atoms with Gasteiger partial charge in [-0.1, -0.05) is 12.1 Å². The number of methoxy groups -OCH3 is 1. The predicted octanol–water partition coefficient (Wildman–Crippen LogP) is 0.610. The number of nitrogens with one attached hydrogen (secondary N) is 1. The highest BCUT2D eigenvalue weighted by atomic mass is 16.6. The summed E-state index contributed by atoms with van der Waals surface area (Å²) in [6.45, 7) is 1.65. The van der Waals surface area contributed by atoms with Crippen LogP contribution in [-0.2, 0) is 25.6 Å². The van der Waals surface area contributed by atoms with E-state index < -0.39 is 11.4 Å². The molecular formula is C17H24N2O5. The number of hydrogen-bond donors (Lipinski definition) is 2. The van der Waals surface area contributed by atoms with E-state index in [9.17, 15) is 9.59 Å². The van der Waals surface area contributed by atoms with Crippen LogP contribution in [0.5, 0.6) is 5.75 Å². The van der Waals surface area contributed by atoms with E-state index in [1.54, 1.807) is 18.2 Å². The quantitative estimate of drug-likeness (QED) is 0.708. The van der Waals surface area contributed by atoms with Crippen LogP contribution in [0, 0.1) is 5.41 Å². The summed E-state index contributed by atoms with van der Waals surface area (Å²) < 4.78 is 15.2. The molecule has 1 saturated heterocycles. The third-order valence-corrected chi connectivity index (χ3v) is 4.26. The molecule has 1 aromatic carbocycles. The molecule has 0 unspecified atom stereocenters. The molecule has 0 saturated carbocycles. The summed E-state index contributed by atoms with van der Waals surface area (Å²) in [4.78, 5) is 23.6. The monoisotopic (exact) mass is 336 g/mol. The second-order valence-electron chi connectivity index (χ2n) is 5.79. The van der Waals surface area contributed by atoms with E-state index in [0.717, 1.165) is 5.56 Å². The molecule has 0 radical (unpaired) electrons. The van der Waals surface area contributed by atoms with E-state index in [-0.39, 0.29) is 12.5 Å². The summed E-state index contributed by atoms with van der Waals surface area (Å²) in [5, 5.41) is 2.94. The van der Waals surface area contributed by atoms with Crippen molar-refractivity contribution in [2.75, 3.05) is 33.5 Å². The number of hydrogen-bond acceptors (Lipinski definition) is 6. The molecule has 1 aliphatic heterocycles. The van der Waals surface area contributed by atoms with Gasteiger partial charge in [0.2, 0.25) is 5.91 Å². The van der Waals surface area contributed by atoms with Crippen LogP contribution in [0.15, 0.2) is 24.3 Å². The molecule has 1 aromatic rings. The summed E-state index contributed by atoms with van der Waals surface area (Å²) >= 11 is 0. The van der Waals surface area contributed by atoms with Crippen LogP contribution in [0.25, 0.3) is 0 Å². The van der Waals surface area contributed by atoms with Crippen LogP contribution in [-0.4, -0.2) is 45.4 Å². The minimum atomic E-state index is -0.544. The summed E-state index contributed by atoms with van der Waals surface area (Å²) in [5.74, 6) is 0.0547. The Morgan fingerprint density at radius 2 is 2.08 bits per heavy atom. The maximum Gasteiger partial charge on any atom is 0.343 e. The lowest BCUT2D eigenvalue weighted by molar-refractivity contribution is -0.143. The average Bonchev–Trinajstić information content (AvgIpc) is 2.64. The lowest BCUT2D eigenvalue weighted by Gasteiger charge is -2.34. The Kier molecular flexibility index (Phi) is 6.57. The first-order chi connectivity index (χ1) is 11.6. The zero-order chi connectivity index (χ0) is 17.4. The van der Waals surface area contributed by atoms with Crippen molar-refractivity contribution < 1.29 is 23.8 Å². The second kappa shape index (κ2) is 8.65. The van der Waals surface area contributed by atoms with E-state index in [2.05, 4.69) is 10.1 Å². The highest BCUT2D eigenvalue weighted by Crippen LogP contribution is 2.29. The number of rotatable bonds is 7. The van der Waals surface area contributed by atoms with E-state index in [1.165, 1.54) is 7.11 Å². The fourth-order valence-corrected chi connectivity index (χ4v) is 2.60. The number of esters is 1. The van der Waals surface area contributed by atoms with Crippen LogP contribution in [0.2, 0.25) is 0 Å². The third-order valence-electron chi connectivity index (χ3n) is 4.26. The summed E-state index contributed by atoms with van der Waals surface area (Å²) in [6.07, 6.45) is 1.27. The smallest absolute Gasteiger partial charge is 0.343 e. The molecule has 3 N–H and O–H groups in total. The van der Waals surface area contributed by atoms with E-state index in [1.807, 2.05) is 6.07 Å². The molecule has 1 heterocycles. The van der Waals surface area contributed by atoms with Crippen molar-refractivity contribution in [2.45, 2.75) is 19.4 Å². The maximum atomic E-state index is 12.5. The largest absolute Gasteiger partial charge is 0.482 e. The zero-order valence-corrected chi connectivity index (χ0v) is 13.9. The van der Waals surface area contributed by atoms with Crippen molar-refractivity contribution in [3.8, 4) is 5.75 Å². The fourth-order valence-electron chi connectivity index (χ4n) is 2.60. The average molecular weight is 336 g/mol. The number of amides is 1. The van der Waals surface area contributed by atoms with Crippen molar-refractivity contribution >= 4 is 11.9 Å². The molecule has 7 nitrogen and oxygen atoms in total. The first-order valence-electron chi connectivity index (χ1n) is 7.94. The van der Waals surface area contributed by atoms with Crippen molar-refractivity contribution in [1.82, 2.24) is 5.32 Å². The number of carbonyl (C=O) groups excluding carboxylic acids is 2. The number of nitrogens with two attached hydrogens (primary N) is 1. The van der Waals surface area contributed by atoms with Crippen LogP contribution in [0.4, 0.5) is 0 Å². The molecule has 132 valence electrons. The van der Waals surface area contributed by atoms with Gasteiger partial charge >= 0.3 is 5.97 Å². The minimum absolute atomic E-state index is 0.0471. The molecular weight excluding hydrogens is 312 g/mol. The number of benzene rings is 1. The molecule has 1 amide bonds. The van der Waals surface area contributed by atoms with Gasteiger partial charge in [-0.2, -0.15) is 0 Å². The van der Waals surface area contributed by atoms with Crippen LogP contribution >= 0.6 is 0 Å². The lowest BCUT2D eigenvalue weighted by Crippen LogP contribution is -2.48. The predicted molar refractivity (Wildman–Crippen MR) is 87.3 cm³/mol. The first kappa shape index (κ1) is 18.2. The molecule has 24 heavy (non-hydrogen) atoms.